The number of aromatic amines is 1. The molecule has 0 spiro atoms. The van der Waals surface area contributed by atoms with Crippen LogP contribution in [0.4, 0.5) is 4.39 Å². The molecule has 5 nitrogen and oxygen atoms in total. The van der Waals surface area contributed by atoms with Crippen LogP contribution in [-0.4, -0.2) is 15.1 Å². The first-order valence-corrected chi connectivity index (χ1v) is 4.17. The molecule has 1 rings (SSSR count). The highest BCUT2D eigenvalue weighted by Gasteiger charge is 2.17. The van der Waals surface area contributed by atoms with E-state index in [1.165, 1.54) is 0 Å². The minimum absolute atomic E-state index is 0.0306. The van der Waals surface area contributed by atoms with Crippen LogP contribution in [0.3, 0.4) is 0 Å². The smallest absolute Gasteiger partial charge is 0.291 e. The Kier molecular flexibility index (Phi) is 2.85. The molecule has 0 aliphatic carbocycles. The molecule has 78 valence electrons. The maximum absolute atomic E-state index is 12.7. The summed E-state index contributed by atoms with van der Waals surface area (Å²) in [6.07, 6.45) is 0. The highest BCUT2D eigenvalue weighted by Crippen LogP contribution is 2.16. The number of hydrogen-bond donors (Lipinski definition) is 3. The highest BCUT2D eigenvalue weighted by molar-refractivity contribution is 5.11. The van der Waals surface area contributed by atoms with Gasteiger partial charge in [0.05, 0.1) is 6.04 Å². The molecule has 6 heteroatoms. The van der Waals surface area contributed by atoms with Crippen molar-refractivity contribution in [2.24, 2.45) is 11.7 Å². The minimum atomic E-state index is -1.29. The van der Waals surface area contributed by atoms with Crippen molar-refractivity contribution in [3.05, 3.63) is 22.0 Å². The van der Waals surface area contributed by atoms with Gasteiger partial charge in [0.2, 0.25) is 5.82 Å². The van der Waals surface area contributed by atoms with E-state index in [-0.39, 0.29) is 11.7 Å². The van der Waals surface area contributed by atoms with Gasteiger partial charge in [0.25, 0.3) is 11.4 Å². The van der Waals surface area contributed by atoms with Crippen LogP contribution in [0.2, 0.25) is 0 Å². The van der Waals surface area contributed by atoms with Gasteiger partial charge in [0, 0.05) is 0 Å². The van der Waals surface area contributed by atoms with Crippen LogP contribution in [0.25, 0.3) is 0 Å². The lowest BCUT2D eigenvalue weighted by molar-refractivity contribution is 0.390. The molecular weight excluding hydrogens is 189 g/mol. The molecule has 0 aromatic carbocycles. The largest absolute Gasteiger partial charge is 0.491 e. The summed E-state index contributed by atoms with van der Waals surface area (Å²) in [6, 6.07) is -0.533. The monoisotopic (exact) mass is 201 g/mol. The number of nitrogens with zero attached hydrogens (tertiary/aromatic N) is 1. The van der Waals surface area contributed by atoms with Gasteiger partial charge in [-0.15, -0.1) is 0 Å². The molecule has 0 amide bonds. The van der Waals surface area contributed by atoms with Gasteiger partial charge in [0.1, 0.15) is 5.82 Å². The van der Waals surface area contributed by atoms with Gasteiger partial charge in [0.15, 0.2) is 0 Å². The van der Waals surface area contributed by atoms with Crippen molar-refractivity contribution in [3.63, 3.8) is 0 Å². The van der Waals surface area contributed by atoms with E-state index >= 15 is 0 Å². The second-order valence-corrected chi connectivity index (χ2v) is 3.36. The fourth-order valence-corrected chi connectivity index (χ4v) is 0.937. The number of aromatic nitrogens is 2. The number of aromatic hydroxyl groups is 1. The topological polar surface area (TPSA) is 92.0 Å². The molecule has 0 saturated heterocycles. The number of rotatable bonds is 2. The molecule has 0 aliphatic heterocycles. The third kappa shape index (κ3) is 1.90. The van der Waals surface area contributed by atoms with E-state index in [1.54, 1.807) is 0 Å². The summed E-state index contributed by atoms with van der Waals surface area (Å²) in [5.41, 5.74) is 4.65. The summed E-state index contributed by atoms with van der Waals surface area (Å²) in [4.78, 5) is 16.5. The van der Waals surface area contributed by atoms with Crippen molar-refractivity contribution >= 4 is 0 Å². The van der Waals surface area contributed by atoms with Crippen LogP contribution in [0.15, 0.2) is 4.79 Å². The molecule has 0 saturated carbocycles. The predicted molar refractivity (Wildman–Crippen MR) is 48.2 cm³/mol. The van der Waals surface area contributed by atoms with Crippen LogP contribution in [-0.2, 0) is 0 Å². The van der Waals surface area contributed by atoms with Crippen molar-refractivity contribution in [3.8, 4) is 5.88 Å². The standard InChI is InChI=1S/C8H12FN3O2/c1-3(2)5(10)6-11-7(13)4(9)8(14)12-6/h3,5H,10H2,1-2H3,(H2,11,12,13,14). The lowest BCUT2D eigenvalue weighted by Gasteiger charge is -2.14. The first-order chi connectivity index (χ1) is 6.43. The Morgan fingerprint density at radius 3 is 2.57 bits per heavy atom. The Morgan fingerprint density at radius 1 is 1.57 bits per heavy atom. The van der Waals surface area contributed by atoms with Crippen molar-refractivity contribution < 1.29 is 9.50 Å². The van der Waals surface area contributed by atoms with Gasteiger partial charge in [-0.2, -0.15) is 9.37 Å². The van der Waals surface area contributed by atoms with Crippen molar-refractivity contribution in [1.82, 2.24) is 9.97 Å². The zero-order valence-electron chi connectivity index (χ0n) is 7.91. The summed E-state index contributed by atoms with van der Waals surface area (Å²) < 4.78 is 12.7. The Balaban J connectivity index is 3.19. The van der Waals surface area contributed by atoms with E-state index in [9.17, 15) is 9.18 Å². The highest BCUT2D eigenvalue weighted by atomic mass is 19.1. The van der Waals surface area contributed by atoms with E-state index in [0.29, 0.717) is 0 Å². The fourth-order valence-electron chi connectivity index (χ4n) is 0.937. The zero-order valence-corrected chi connectivity index (χ0v) is 7.91. The molecule has 0 bridgehead atoms. The van der Waals surface area contributed by atoms with Gasteiger partial charge in [-0.05, 0) is 5.92 Å². The van der Waals surface area contributed by atoms with E-state index in [0.717, 1.165) is 0 Å². The van der Waals surface area contributed by atoms with E-state index in [2.05, 4.69) is 9.97 Å². The van der Waals surface area contributed by atoms with Crippen molar-refractivity contribution in [2.45, 2.75) is 19.9 Å². The van der Waals surface area contributed by atoms with Crippen molar-refractivity contribution in [1.29, 1.82) is 0 Å². The molecular formula is C8H12FN3O2. The van der Waals surface area contributed by atoms with E-state index < -0.39 is 23.3 Å². The second kappa shape index (κ2) is 3.75. The lowest BCUT2D eigenvalue weighted by atomic mass is 10.1. The van der Waals surface area contributed by atoms with Gasteiger partial charge >= 0.3 is 0 Å². The minimum Gasteiger partial charge on any atom is -0.491 e. The number of nitrogens with two attached hydrogens (primary N) is 1. The van der Waals surface area contributed by atoms with Crippen LogP contribution in [0, 0.1) is 11.7 Å². The van der Waals surface area contributed by atoms with E-state index in [4.69, 9.17) is 10.8 Å². The molecule has 1 heterocycles. The predicted octanol–water partition coefficient (Wildman–Crippen LogP) is 0.270. The first kappa shape index (κ1) is 10.6. The number of hydrogen-bond acceptors (Lipinski definition) is 4. The summed E-state index contributed by atoms with van der Waals surface area (Å²) in [6.45, 7) is 3.65. The number of nitrogens with one attached hydrogen (secondary N) is 1. The van der Waals surface area contributed by atoms with Gasteiger partial charge in [-0.3, -0.25) is 4.79 Å². The van der Waals surface area contributed by atoms with Crippen LogP contribution < -0.4 is 11.3 Å². The average molecular weight is 201 g/mol. The van der Waals surface area contributed by atoms with Gasteiger partial charge < -0.3 is 15.8 Å². The Morgan fingerprint density at radius 2 is 2.14 bits per heavy atom. The second-order valence-electron chi connectivity index (χ2n) is 3.36. The molecule has 1 aromatic rings. The normalized spacial score (nSPS) is 13.2. The van der Waals surface area contributed by atoms with Gasteiger partial charge in [-0.25, -0.2) is 0 Å². The quantitative estimate of drug-likeness (QED) is 0.640. The average Bonchev–Trinajstić information content (AvgIpc) is 2.12. The summed E-state index contributed by atoms with van der Waals surface area (Å²) >= 11 is 0. The number of halogens is 1. The summed E-state index contributed by atoms with van der Waals surface area (Å²) in [7, 11) is 0. The molecule has 1 unspecified atom stereocenters. The summed E-state index contributed by atoms with van der Waals surface area (Å²) in [5, 5.41) is 8.95. The third-order valence-electron chi connectivity index (χ3n) is 1.90. The molecule has 0 aliphatic rings. The number of H-pyrrole nitrogens is 1. The molecule has 0 radical (unpaired) electrons. The molecule has 0 fully saturated rings. The molecule has 1 aromatic heterocycles. The summed E-state index contributed by atoms with van der Waals surface area (Å²) in [5.74, 6) is -2.09. The maximum Gasteiger partial charge on any atom is 0.291 e. The maximum atomic E-state index is 12.7. The SMILES string of the molecule is CC(C)C(N)c1nc(O)c(F)c(=O)[nH]1. The van der Waals surface area contributed by atoms with Gasteiger partial charge in [-0.1, -0.05) is 13.8 Å². The first-order valence-electron chi connectivity index (χ1n) is 4.17. The molecule has 1 atom stereocenters. The Bertz CT molecular complexity index is 389. The Labute approximate surface area is 79.8 Å². The fraction of sp³-hybridized carbons (Fsp3) is 0.500. The zero-order chi connectivity index (χ0) is 10.9. The molecule has 14 heavy (non-hydrogen) atoms. The lowest BCUT2D eigenvalue weighted by Crippen LogP contribution is -2.24. The van der Waals surface area contributed by atoms with Crippen LogP contribution in [0.5, 0.6) is 5.88 Å². The van der Waals surface area contributed by atoms with E-state index in [1.807, 2.05) is 13.8 Å². The third-order valence-corrected chi connectivity index (χ3v) is 1.90. The Hall–Kier alpha value is -1.43. The molecule has 4 N–H and O–H groups in total. The van der Waals surface area contributed by atoms with Crippen LogP contribution in [0.1, 0.15) is 25.7 Å². The van der Waals surface area contributed by atoms with Crippen LogP contribution >= 0.6 is 0 Å². The van der Waals surface area contributed by atoms with Crippen molar-refractivity contribution in [2.75, 3.05) is 0 Å².